The molecule has 0 spiro atoms. The molecule has 174 valence electrons. The van der Waals surface area contributed by atoms with Crippen molar-refractivity contribution in [2.75, 3.05) is 0 Å². The first-order valence-corrected chi connectivity index (χ1v) is 14.7. The molecule has 0 radical (unpaired) electrons. The lowest BCUT2D eigenvalue weighted by Crippen LogP contribution is -2.46. The van der Waals surface area contributed by atoms with Crippen LogP contribution in [0.3, 0.4) is 0 Å². The number of halogens is 1. The first kappa shape index (κ1) is 23.8. The lowest BCUT2D eigenvalue weighted by atomic mass is 9.51. The van der Waals surface area contributed by atoms with Crippen LogP contribution in [-0.4, -0.2) is 4.83 Å². The zero-order valence-electron chi connectivity index (χ0n) is 20.4. The molecule has 0 N–H and O–H groups in total. The zero-order chi connectivity index (χ0) is 21.7. The van der Waals surface area contributed by atoms with E-state index in [-0.39, 0.29) is 0 Å². The standard InChI is InChI=1S/C30H47Br/c1-3-5-6-7-24-8-12-26(13-9-24)27-14-10-25(11-15-27)23-28(31)30-20-17-29(16-4-2,18-21-30)19-22-30/h8-9,12-13,25,27-28H,3-7,10-11,14-23H2,1-2H3. The Hall–Kier alpha value is -0.300. The van der Waals surface area contributed by atoms with Crippen molar-refractivity contribution in [2.24, 2.45) is 16.7 Å². The normalized spacial score (nSPS) is 34.0. The van der Waals surface area contributed by atoms with E-state index >= 15 is 0 Å². The summed E-state index contributed by atoms with van der Waals surface area (Å²) in [6.45, 7) is 4.68. The Morgan fingerprint density at radius 1 is 0.839 bits per heavy atom. The molecule has 0 heterocycles. The van der Waals surface area contributed by atoms with Gasteiger partial charge in [0, 0.05) is 4.83 Å². The Morgan fingerprint density at radius 3 is 2.06 bits per heavy atom. The van der Waals surface area contributed by atoms with Gasteiger partial charge in [0.1, 0.15) is 0 Å². The number of unbranched alkanes of at least 4 members (excludes halogenated alkanes) is 2. The first-order valence-electron chi connectivity index (χ1n) is 13.8. The molecule has 0 aromatic heterocycles. The van der Waals surface area contributed by atoms with Crippen LogP contribution in [0.2, 0.25) is 0 Å². The summed E-state index contributed by atoms with van der Waals surface area (Å²) >= 11 is 4.27. The highest BCUT2D eigenvalue weighted by Crippen LogP contribution is 2.62. The van der Waals surface area contributed by atoms with Crippen LogP contribution in [0.4, 0.5) is 0 Å². The van der Waals surface area contributed by atoms with Crippen LogP contribution >= 0.6 is 15.9 Å². The summed E-state index contributed by atoms with van der Waals surface area (Å²) in [6, 6.07) is 9.72. The minimum absolute atomic E-state index is 0.639. The summed E-state index contributed by atoms with van der Waals surface area (Å²) in [5, 5.41) is 0. The van der Waals surface area contributed by atoms with Crippen molar-refractivity contribution in [2.45, 2.75) is 134 Å². The quantitative estimate of drug-likeness (QED) is 0.227. The monoisotopic (exact) mass is 486 g/mol. The largest absolute Gasteiger partial charge is 0.0885 e. The summed E-state index contributed by atoms with van der Waals surface area (Å²) in [5.41, 5.74) is 4.53. The topological polar surface area (TPSA) is 0 Å². The molecule has 4 saturated carbocycles. The van der Waals surface area contributed by atoms with E-state index in [1.807, 2.05) is 0 Å². The zero-order valence-corrected chi connectivity index (χ0v) is 22.0. The highest BCUT2D eigenvalue weighted by molar-refractivity contribution is 9.09. The second-order valence-corrected chi connectivity index (χ2v) is 12.8. The van der Waals surface area contributed by atoms with Gasteiger partial charge in [-0.15, -0.1) is 0 Å². The molecule has 4 aliphatic rings. The molecule has 1 heteroatoms. The number of hydrogen-bond acceptors (Lipinski definition) is 0. The van der Waals surface area contributed by atoms with Gasteiger partial charge < -0.3 is 0 Å². The van der Waals surface area contributed by atoms with Crippen molar-refractivity contribution in [1.82, 2.24) is 0 Å². The van der Waals surface area contributed by atoms with E-state index in [1.165, 1.54) is 115 Å². The van der Waals surface area contributed by atoms with Crippen molar-refractivity contribution < 1.29 is 0 Å². The van der Waals surface area contributed by atoms with E-state index in [0.717, 1.165) is 22.1 Å². The van der Waals surface area contributed by atoms with Gasteiger partial charge in [0.15, 0.2) is 0 Å². The lowest BCUT2D eigenvalue weighted by Gasteiger charge is -2.56. The number of fused-ring (bicyclic) bond motifs is 3. The van der Waals surface area contributed by atoms with Crippen molar-refractivity contribution in [3.05, 3.63) is 35.4 Å². The summed E-state index contributed by atoms with van der Waals surface area (Å²) in [5.74, 6) is 1.76. The molecule has 0 saturated heterocycles. The number of aryl methyl sites for hydroxylation is 1. The van der Waals surface area contributed by atoms with Crippen molar-refractivity contribution in [3.63, 3.8) is 0 Å². The number of alkyl halides is 1. The molecule has 4 aliphatic carbocycles. The third-order valence-electron chi connectivity index (χ3n) is 9.81. The molecule has 5 rings (SSSR count). The minimum Gasteiger partial charge on any atom is -0.0885 e. The second-order valence-electron chi connectivity index (χ2n) is 11.7. The predicted octanol–water partition coefficient (Wildman–Crippen LogP) is 9.99. The number of hydrogen-bond donors (Lipinski definition) is 0. The fourth-order valence-electron chi connectivity index (χ4n) is 7.48. The maximum absolute atomic E-state index is 4.27. The fraction of sp³-hybridized carbons (Fsp3) is 0.800. The van der Waals surface area contributed by atoms with Gasteiger partial charge in [-0.25, -0.2) is 0 Å². The third-order valence-corrected chi connectivity index (χ3v) is 11.2. The Morgan fingerprint density at radius 2 is 1.48 bits per heavy atom. The third kappa shape index (κ3) is 5.62. The highest BCUT2D eigenvalue weighted by Gasteiger charge is 2.51. The van der Waals surface area contributed by atoms with Crippen LogP contribution in [0.15, 0.2) is 24.3 Å². The summed E-state index contributed by atoms with van der Waals surface area (Å²) in [6.07, 6.45) is 24.4. The Bertz CT molecular complexity index is 642. The Balaban J connectivity index is 1.23. The lowest BCUT2D eigenvalue weighted by molar-refractivity contribution is -0.0184. The van der Waals surface area contributed by atoms with Crippen LogP contribution in [-0.2, 0) is 6.42 Å². The van der Waals surface area contributed by atoms with E-state index in [1.54, 1.807) is 5.56 Å². The maximum atomic E-state index is 4.27. The van der Waals surface area contributed by atoms with Gasteiger partial charge in [-0.3, -0.25) is 0 Å². The van der Waals surface area contributed by atoms with Crippen molar-refractivity contribution in [1.29, 1.82) is 0 Å². The smallest absolute Gasteiger partial charge is 0.0204 e. The van der Waals surface area contributed by atoms with Gasteiger partial charge >= 0.3 is 0 Å². The van der Waals surface area contributed by atoms with Gasteiger partial charge in [0.2, 0.25) is 0 Å². The summed E-state index contributed by atoms with van der Waals surface area (Å²) < 4.78 is 0. The van der Waals surface area contributed by atoms with Crippen LogP contribution in [0.25, 0.3) is 0 Å². The molecule has 4 fully saturated rings. The summed E-state index contributed by atoms with van der Waals surface area (Å²) in [7, 11) is 0. The molecular formula is C30H47Br. The molecule has 0 nitrogen and oxygen atoms in total. The van der Waals surface area contributed by atoms with Gasteiger partial charge in [0.05, 0.1) is 0 Å². The minimum atomic E-state index is 0.639. The van der Waals surface area contributed by atoms with Crippen molar-refractivity contribution in [3.8, 4) is 0 Å². The van der Waals surface area contributed by atoms with Crippen LogP contribution in [0, 0.1) is 16.7 Å². The predicted molar refractivity (Wildman–Crippen MR) is 139 cm³/mol. The molecule has 0 amide bonds. The van der Waals surface area contributed by atoms with E-state index < -0.39 is 0 Å². The SMILES string of the molecule is CCCCCc1ccc(C2CCC(CC(Br)C34CCC(CCC)(CC3)CC4)CC2)cc1. The van der Waals surface area contributed by atoms with Crippen LogP contribution < -0.4 is 0 Å². The molecule has 1 atom stereocenters. The van der Waals surface area contributed by atoms with Crippen molar-refractivity contribution >= 4 is 15.9 Å². The Labute approximate surface area is 201 Å². The molecular weight excluding hydrogens is 440 g/mol. The highest BCUT2D eigenvalue weighted by atomic mass is 79.9. The fourth-order valence-corrected chi connectivity index (χ4v) is 8.69. The van der Waals surface area contributed by atoms with Gasteiger partial charge in [0.25, 0.3) is 0 Å². The maximum Gasteiger partial charge on any atom is 0.0204 e. The van der Waals surface area contributed by atoms with E-state index in [2.05, 4.69) is 54.0 Å². The average Bonchev–Trinajstić information content (AvgIpc) is 2.81. The molecule has 2 bridgehead atoms. The van der Waals surface area contributed by atoms with Crippen LogP contribution in [0.1, 0.15) is 134 Å². The van der Waals surface area contributed by atoms with E-state index in [4.69, 9.17) is 0 Å². The summed E-state index contributed by atoms with van der Waals surface area (Å²) in [4.78, 5) is 0.767. The number of rotatable bonds is 10. The first-order chi connectivity index (χ1) is 15.1. The van der Waals surface area contributed by atoms with Crippen LogP contribution in [0.5, 0.6) is 0 Å². The molecule has 0 aliphatic heterocycles. The molecule has 1 aromatic rings. The van der Waals surface area contributed by atoms with Gasteiger partial charge in [-0.1, -0.05) is 73.3 Å². The Kier molecular flexibility index (Phi) is 8.27. The average molecular weight is 488 g/mol. The van der Waals surface area contributed by atoms with Gasteiger partial charge in [-0.2, -0.15) is 0 Å². The second kappa shape index (κ2) is 10.8. The van der Waals surface area contributed by atoms with E-state index in [0.29, 0.717) is 5.41 Å². The molecule has 1 unspecified atom stereocenters. The molecule has 31 heavy (non-hydrogen) atoms. The number of benzene rings is 1. The molecule has 1 aromatic carbocycles. The van der Waals surface area contributed by atoms with Gasteiger partial charge in [-0.05, 0) is 124 Å². The van der Waals surface area contributed by atoms with E-state index in [9.17, 15) is 0 Å².